The van der Waals surface area contributed by atoms with Crippen LogP contribution in [0.15, 0.2) is 83.1 Å². The second-order valence-corrected chi connectivity index (χ2v) is 9.20. The molecule has 0 aliphatic carbocycles. The van der Waals surface area contributed by atoms with E-state index in [-0.39, 0.29) is 12.1 Å². The molecule has 8 heteroatoms. The van der Waals surface area contributed by atoms with Crippen molar-refractivity contribution < 1.29 is 9.47 Å². The lowest BCUT2D eigenvalue weighted by molar-refractivity contribution is 0.223. The van der Waals surface area contributed by atoms with Crippen molar-refractivity contribution in [1.29, 1.82) is 0 Å². The van der Waals surface area contributed by atoms with Gasteiger partial charge in [0.25, 0.3) is 0 Å². The number of benzene rings is 3. The van der Waals surface area contributed by atoms with E-state index >= 15 is 0 Å². The van der Waals surface area contributed by atoms with Gasteiger partial charge in [-0.25, -0.2) is 4.68 Å². The summed E-state index contributed by atoms with van der Waals surface area (Å²) in [6.45, 7) is 0. The van der Waals surface area contributed by atoms with E-state index in [0.717, 1.165) is 43.9 Å². The Morgan fingerprint density at radius 1 is 1.03 bits per heavy atom. The molecule has 2 atom stereocenters. The van der Waals surface area contributed by atoms with Crippen LogP contribution in [0.25, 0.3) is 5.70 Å². The Bertz CT molecular complexity index is 1380. The first-order valence-corrected chi connectivity index (χ1v) is 11.6. The third-order valence-electron chi connectivity index (χ3n) is 5.98. The highest BCUT2D eigenvalue weighted by Crippen LogP contribution is 2.51. The number of nitrogens with zero attached hydrogens (tertiary/aromatic N) is 3. The van der Waals surface area contributed by atoms with Gasteiger partial charge in [-0.05, 0) is 53.6 Å². The van der Waals surface area contributed by atoms with E-state index in [0.29, 0.717) is 11.0 Å². The molecule has 3 heterocycles. The third-order valence-corrected chi connectivity index (χ3v) is 6.74. The maximum atomic E-state index is 6.61. The number of nitrogens with one attached hydrogen (secondary N) is 1. The minimum Gasteiger partial charge on any atom is -0.497 e. The second-order valence-electron chi connectivity index (χ2n) is 7.85. The van der Waals surface area contributed by atoms with Crippen LogP contribution in [0.3, 0.4) is 0 Å². The molecule has 0 saturated heterocycles. The largest absolute Gasteiger partial charge is 0.497 e. The lowest BCUT2D eigenvalue weighted by Gasteiger charge is -2.39. The predicted molar refractivity (Wildman–Crippen MR) is 131 cm³/mol. The fourth-order valence-corrected chi connectivity index (χ4v) is 4.90. The Balaban J connectivity index is 1.61. The number of halogens is 2. The molecule has 0 fully saturated rings. The Morgan fingerprint density at radius 3 is 2.55 bits per heavy atom. The van der Waals surface area contributed by atoms with Crippen molar-refractivity contribution in [3.05, 3.63) is 105 Å². The van der Waals surface area contributed by atoms with Crippen molar-refractivity contribution in [3.63, 3.8) is 0 Å². The van der Waals surface area contributed by atoms with Crippen LogP contribution in [-0.4, -0.2) is 21.9 Å². The number of hydrogen-bond donors (Lipinski definition) is 1. The molecule has 0 spiro atoms. The third kappa shape index (κ3) is 3.39. The van der Waals surface area contributed by atoms with Gasteiger partial charge in [0.05, 0.1) is 12.8 Å². The van der Waals surface area contributed by atoms with Crippen LogP contribution in [0.4, 0.5) is 5.95 Å². The van der Waals surface area contributed by atoms with E-state index in [2.05, 4.69) is 43.5 Å². The van der Waals surface area contributed by atoms with E-state index in [1.807, 2.05) is 59.3 Å². The summed E-state index contributed by atoms with van der Waals surface area (Å²) in [5.74, 6) is 2.22. The Kier molecular flexibility index (Phi) is 4.89. The molecule has 4 aromatic rings. The fraction of sp³-hybridized carbons (Fsp3) is 0.120. The normalized spacial score (nSPS) is 18.5. The predicted octanol–water partition coefficient (Wildman–Crippen LogP) is 6.26. The minimum absolute atomic E-state index is 0.217. The number of hydrogen-bond acceptors (Lipinski definition) is 5. The molecule has 0 radical (unpaired) electrons. The molecule has 3 aromatic carbocycles. The molecule has 6 rings (SSSR count). The van der Waals surface area contributed by atoms with Crippen LogP contribution in [-0.2, 0) is 0 Å². The number of rotatable bonds is 3. The molecule has 2 aliphatic heterocycles. The average Bonchev–Trinajstić information content (AvgIpc) is 3.31. The molecular weight excluding hydrogens is 504 g/mol. The molecule has 164 valence electrons. The molecule has 2 aliphatic rings. The van der Waals surface area contributed by atoms with E-state index < -0.39 is 0 Å². The minimum atomic E-state index is -0.349. The number of methoxy groups -OCH3 is 1. The highest BCUT2D eigenvalue weighted by Gasteiger charge is 2.41. The first-order chi connectivity index (χ1) is 16.1. The van der Waals surface area contributed by atoms with E-state index in [4.69, 9.17) is 21.1 Å². The smallest absolute Gasteiger partial charge is 0.226 e. The zero-order valence-corrected chi connectivity index (χ0v) is 19.8. The molecule has 0 unspecified atom stereocenters. The zero-order chi connectivity index (χ0) is 22.5. The molecule has 0 bridgehead atoms. The Hall–Kier alpha value is -3.29. The zero-order valence-electron chi connectivity index (χ0n) is 17.5. The first-order valence-electron chi connectivity index (χ1n) is 10.4. The molecular formula is C25H18BrClN4O2. The maximum absolute atomic E-state index is 6.61. The summed E-state index contributed by atoms with van der Waals surface area (Å²) >= 11 is 9.93. The van der Waals surface area contributed by atoms with Crippen molar-refractivity contribution in [2.24, 2.45) is 0 Å². The lowest BCUT2D eigenvalue weighted by Crippen LogP contribution is -2.32. The summed E-state index contributed by atoms with van der Waals surface area (Å²) in [7, 11) is 1.66. The van der Waals surface area contributed by atoms with Gasteiger partial charge in [0.1, 0.15) is 30.0 Å². The first kappa shape index (κ1) is 20.3. The van der Waals surface area contributed by atoms with Crippen LogP contribution >= 0.6 is 27.5 Å². The van der Waals surface area contributed by atoms with Crippen molar-refractivity contribution in [2.45, 2.75) is 12.1 Å². The summed E-state index contributed by atoms with van der Waals surface area (Å²) in [6, 6.07) is 21.7. The van der Waals surface area contributed by atoms with Crippen molar-refractivity contribution in [3.8, 4) is 11.5 Å². The van der Waals surface area contributed by atoms with Crippen LogP contribution in [0.2, 0.25) is 5.02 Å². The van der Waals surface area contributed by atoms with Crippen LogP contribution < -0.4 is 14.8 Å². The number of ether oxygens (including phenoxy) is 2. The average molecular weight is 522 g/mol. The van der Waals surface area contributed by atoms with Crippen LogP contribution in [0, 0.1) is 0 Å². The van der Waals surface area contributed by atoms with Gasteiger partial charge in [-0.2, -0.15) is 10.1 Å². The Morgan fingerprint density at radius 2 is 1.79 bits per heavy atom. The van der Waals surface area contributed by atoms with Gasteiger partial charge in [0, 0.05) is 20.6 Å². The molecule has 6 nitrogen and oxygen atoms in total. The second kappa shape index (κ2) is 7.93. The number of anilines is 1. The van der Waals surface area contributed by atoms with Gasteiger partial charge < -0.3 is 14.8 Å². The summed E-state index contributed by atoms with van der Waals surface area (Å²) < 4.78 is 14.9. The summed E-state index contributed by atoms with van der Waals surface area (Å²) in [5, 5.41) is 8.68. The molecule has 0 amide bonds. The van der Waals surface area contributed by atoms with Gasteiger partial charge in [-0.15, -0.1) is 0 Å². The highest BCUT2D eigenvalue weighted by atomic mass is 79.9. The summed E-state index contributed by atoms with van der Waals surface area (Å²) in [6.07, 6.45) is 1.22. The summed E-state index contributed by atoms with van der Waals surface area (Å²) in [4.78, 5) is 4.46. The van der Waals surface area contributed by atoms with E-state index in [1.54, 1.807) is 13.4 Å². The number of fused-ring (bicyclic) bond motifs is 3. The molecule has 0 saturated carbocycles. The number of aromatic nitrogens is 3. The van der Waals surface area contributed by atoms with Crippen molar-refractivity contribution in [1.82, 2.24) is 14.8 Å². The van der Waals surface area contributed by atoms with Gasteiger partial charge >= 0.3 is 0 Å². The van der Waals surface area contributed by atoms with Crippen molar-refractivity contribution in [2.75, 3.05) is 12.4 Å². The van der Waals surface area contributed by atoms with E-state index in [1.165, 1.54) is 0 Å². The Labute approximate surface area is 204 Å². The molecule has 1 N–H and O–H groups in total. The van der Waals surface area contributed by atoms with Gasteiger partial charge in [0.15, 0.2) is 0 Å². The summed E-state index contributed by atoms with van der Waals surface area (Å²) in [5.41, 5.74) is 4.96. The van der Waals surface area contributed by atoms with Crippen LogP contribution in [0.5, 0.6) is 11.5 Å². The maximum Gasteiger partial charge on any atom is 0.226 e. The van der Waals surface area contributed by atoms with Crippen LogP contribution in [0.1, 0.15) is 28.8 Å². The SMILES string of the molecule is COc1ccc([C@H]2Oc3ccc(Cl)cc3C3=C2[C@H](c2ccc(Br)cc2)n2ncnc2N3)cc1. The quantitative estimate of drug-likeness (QED) is 0.345. The van der Waals surface area contributed by atoms with Gasteiger partial charge in [0.2, 0.25) is 5.95 Å². The topological polar surface area (TPSA) is 61.2 Å². The van der Waals surface area contributed by atoms with Gasteiger partial charge in [-0.1, -0.05) is 51.8 Å². The monoisotopic (exact) mass is 520 g/mol. The van der Waals surface area contributed by atoms with E-state index in [9.17, 15) is 0 Å². The lowest BCUT2D eigenvalue weighted by atomic mass is 9.84. The standard InChI is InChI=1S/C25H18BrClN4O2/c1-32-18-9-4-15(5-10-18)24-21-22(19-12-17(27)8-11-20(19)33-24)30-25-28-13-29-31(25)23(21)14-2-6-16(26)7-3-14/h2-13,23-24H,1H3,(H,28,29,30)/t23-,24+/m0/s1. The van der Waals surface area contributed by atoms with Crippen molar-refractivity contribution >= 4 is 39.2 Å². The molecule has 33 heavy (non-hydrogen) atoms. The highest BCUT2D eigenvalue weighted by molar-refractivity contribution is 9.10. The fourth-order valence-electron chi connectivity index (χ4n) is 4.46. The molecule has 1 aromatic heterocycles. The van der Waals surface area contributed by atoms with Gasteiger partial charge in [-0.3, -0.25) is 0 Å².